The van der Waals surface area contributed by atoms with Crippen molar-refractivity contribution in [3.63, 3.8) is 0 Å². The molecule has 0 saturated carbocycles. The third-order valence-electron chi connectivity index (χ3n) is 11.0. The highest BCUT2D eigenvalue weighted by Gasteiger charge is 2.59. The van der Waals surface area contributed by atoms with Crippen molar-refractivity contribution >= 4 is 33.5 Å². The van der Waals surface area contributed by atoms with Gasteiger partial charge in [-0.1, -0.05) is 139 Å². The maximum atomic E-state index is 7.41. The topological polar surface area (TPSA) is 13.1 Å². The zero-order valence-corrected chi connectivity index (χ0v) is 25.5. The summed E-state index contributed by atoms with van der Waals surface area (Å²) < 4.78 is 6.46. The lowest BCUT2D eigenvalue weighted by atomic mass is 9.52. The van der Waals surface area contributed by atoms with Crippen LogP contribution in [0.2, 0.25) is 5.02 Å². The summed E-state index contributed by atoms with van der Waals surface area (Å²) in [6.45, 7) is 0. The summed E-state index contributed by atoms with van der Waals surface area (Å²) in [6.07, 6.45) is 0. The van der Waals surface area contributed by atoms with E-state index in [9.17, 15) is 0 Å². The fraction of sp³-hybridized carbons (Fsp3) is 0.0455. The van der Waals surface area contributed by atoms with Gasteiger partial charge in [0, 0.05) is 15.8 Å². The van der Waals surface area contributed by atoms with Crippen molar-refractivity contribution in [1.29, 1.82) is 0 Å². The summed E-state index contributed by atoms with van der Waals surface area (Å²) in [7, 11) is 0. The number of furan rings is 1. The monoisotopic (exact) mass is 604 g/mol. The van der Waals surface area contributed by atoms with Crippen LogP contribution in [0.4, 0.5) is 0 Å². The first-order valence-electron chi connectivity index (χ1n) is 15.9. The van der Waals surface area contributed by atoms with Gasteiger partial charge in [0.1, 0.15) is 11.2 Å². The minimum Gasteiger partial charge on any atom is -0.456 e. The van der Waals surface area contributed by atoms with Crippen LogP contribution in [0.5, 0.6) is 0 Å². The molecule has 1 heterocycles. The van der Waals surface area contributed by atoms with Crippen molar-refractivity contribution in [1.82, 2.24) is 0 Å². The average molecular weight is 605 g/mol. The van der Waals surface area contributed by atoms with E-state index < -0.39 is 10.8 Å². The summed E-state index contributed by atoms with van der Waals surface area (Å²) >= 11 is 7.41. The fourth-order valence-corrected chi connectivity index (χ4v) is 9.82. The van der Waals surface area contributed by atoms with Crippen molar-refractivity contribution in [3.8, 4) is 22.3 Å². The van der Waals surface area contributed by atoms with Crippen LogP contribution in [0.3, 0.4) is 0 Å². The van der Waals surface area contributed by atoms with E-state index in [1.54, 1.807) is 0 Å². The zero-order valence-electron chi connectivity index (χ0n) is 24.7. The van der Waals surface area contributed by atoms with Crippen LogP contribution >= 0.6 is 11.6 Å². The van der Waals surface area contributed by atoms with Gasteiger partial charge in [0.2, 0.25) is 0 Å². The van der Waals surface area contributed by atoms with Crippen molar-refractivity contribution in [3.05, 3.63) is 201 Å². The van der Waals surface area contributed by atoms with Crippen LogP contribution < -0.4 is 0 Å². The highest BCUT2D eigenvalue weighted by Crippen LogP contribution is 2.68. The van der Waals surface area contributed by atoms with Gasteiger partial charge in [0.05, 0.1) is 10.8 Å². The van der Waals surface area contributed by atoms with Gasteiger partial charge < -0.3 is 4.42 Å². The summed E-state index contributed by atoms with van der Waals surface area (Å²) in [5, 5.41) is 3.04. The molecule has 11 rings (SSSR count). The second-order valence-electron chi connectivity index (χ2n) is 12.8. The molecular formula is C44H25ClO. The standard InChI is InChI=1S/C44H25ClO/c45-39-22-11-15-29-30-25-41-31(28-14-3-10-23-40(28)46-41)24-38(30)44(42(29)39)36-20-8-6-18-34(36)43(35-19-7-9-21-37(35)44)32-16-4-1-12-26(32)27-13-2-5-17-33(27)43/h1-25H. The molecule has 0 atom stereocenters. The molecule has 7 aromatic carbocycles. The van der Waals surface area contributed by atoms with Crippen LogP contribution in [0.15, 0.2) is 156 Å². The molecule has 214 valence electrons. The molecule has 0 fully saturated rings. The van der Waals surface area contributed by atoms with Crippen LogP contribution in [0, 0.1) is 0 Å². The van der Waals surface area contributed by atoms with E-state index in [0.29, 0.717) is 0 Å². The molecule has 0 radical (unpaired) electrons. The van der Waals surface area contributed by atoms with Crippen LogP contribution in [0.25, 0.3) is 44.2 Å². The Labute approximate surface area is 271 Å². The molecule has 2 heteroatoms. The molecule has 3 aliphatic rings. The molecule has 0 aliphatic heterocycles. The van der Waals surface area contributed by atoms with Crippen LogP contribution in [-0.2, 0) is 10.8 Å². The van der Waals surface area contributed by atoms with E-state index in [0.717, 1.165) is 38.1 Å². The Balaban J connectivity index is 1.37. The van der Waals surface area contributed by atoms with Gasteiger partial charge in [-0.25, -0.2) is 0 Å². The Morgan fingerprint density at radius 2 is 0.891 bits per heavy atom. The Kier molecular flexibility index (Phi) is 4.58. The van der Waals surface area contributed by atoms with E-state index in [4.69, 9.17) is 16.0 Å². The molecular weight excluding hydrogens is 580 g/mol. The molecule has 1 aromatic heterocycles. The molecule has 0 unspecified atom stereocenters. The predicted octanol–water partition coefficient (Wildman–Crippen LogP) is 11.3. The second-order valence-corrected chi connectivity index (χ2v) is 13.2. The van der Waals surface area contributed by atoms with Crippen molar-refractivity contribution in [2.75, 3.05) is 0 Å². The zero-order chi connectivity index (χ0) is 30.2. The van der Waals surface area contributed by atoms with Gasteiger partial charge in [-0.15, -0.1) is 0 Å². The lowest BCUT2D eigenvalue weighted by molar-refractivity contribution is 0.633. The van der Waals surface area contributed by atoms with Crippen molar-refractivity contribution in [2.24, 2.45) is 0 Å². The number of rotatable bonds is 0. The number of fused-ring (bicyclic) bond motifs is 19. The Morgan fingerprint density at radius 1 is 0.370 bits per heavy atom. The van der Waals surface area contributed by atoms with E-state index in [-0.39, 0.29) is 0 Å². The first-order chi connectivity index (χ1) is 22.7. The Morgan fingerprint density at radius 3 is 1.54 bits per heavy atom. The highest BCUT2D eigenvalue weighted by atomic mass is 35.5. The fourth-order valence-electron chi connectivity index (χ4n) is 9.51. The van der Waals surface area contributed by atoms with Crippen LogP contribution in [0.1, 0.15) is 44.5 Å². The number of hydrogen-bond acceptors (Lipinski definition) is 1. The maximum absolute atomic E-state index is 7.41. The lowest BCUT2D eigenvalue weighted by Crippen LogP contribution is -2.43. The number of benzene rings is 7. The summed E-state index contributed by atoms with van der Waals surface area (Å²) in [5.41, 5.74) is 15.9. The number of halogens is 1. The third-order valence-corrected chi connectivity index (χ3v) is 11.3. The van der Waals surface area contributed by atoms with Gasteiger partial charge in [0.15, 0.2) is 0 Å². The number of hydrogen-bond donors (Lipinski definition) is 0. The summed E-state index contributed by atoms with van der Waals surface area (Å²) in [6, 6.07) is 55.6. The van der Waals surface area contributed by atoms with Crippen LogP contribution in [-0.4, -0.2) is 0 Å². The smallest absolute Gasteiger partial charge is 0.136 e. The van der Waals surface area contributed by atoms with E-state index in [1.165, 1.54) is 55.6 Å². The Hall–Kier alpha value is -5.37. The largest absolute Gasteiger partial charge is 0.456 e. The van der Waals surface area contributed by atoms with Gasteiger partial charge >= 0.3 is 0 Å². The first-order valence-corrected chi connectivity index (χ1v) is 16.3. The maximum Gasteiger partial charge on any atom is 0.136 e. The second kappa shape index (κ2) is 8.46. The molecule has 0 saturated heterocycles. The molecule has 2 spiro atoms. The Bertz CT molecular complexity index is 2530. The van der Waals surface area contributed by atoms with E-state index in [2.05, 4.69) is 146 Å². The third kappa shape index (κ3) is 2.65. The normalized spacial score (nSPS) is 15.4. The molecule has 0 bridgehead atoms. The van der Waals surface area contributed by atoms with E-state index >= 15 is 0 Å². The van der Waals surface area contributed by atoms with Gasteiger partial charge in [-0.05, 0) is 91.0 Å². The first kappa shape index (κ1) is 24.9. The highest BCUT2D eigenvalue weighted by molar-refractivity contribution is 6.32. The molecule has 0 N–H and O–H groups in total. The molecule has 46 heavy (non-hydrogen) atoms. The van der Waals surface area contributed by atoms with E-state index in [1.807, 2.05) is 6.07 Å². The minimum absolute atomic E-state index is 0.470. The SMILES string of the molecule is Clc1cccc2c1C1(c3cc4c(cc3-2)oc2ccccc24)c2ccccc2C2(c3ccccc3-c3ccccc32)c2ccccc21. The average Bonchev–Trinajstić information content (AvgIpc) is 3.72. The quantitative estimate of drug-likeness (QED) is 0.168. The van der Waals surface area contributed by atoms with Gasteiger partial charge in [0.25, 0.3) is 0 Å². The van der Waals surface area contributed by atoms with Crippen molar-refractivity contribution in [2.45, 2.75) is 10.8 Å². The summed E-state index contributed by atoms with van der Waals surface area (Å²) in [4.78, 5) is 0. The van der Waals surface area contributed by atoms with Gasteiger partial charge in [-0.2, -0.15) is 0 Å². The number of para-hydroxylation sites is 1. The minimum atomic E-state index is -0.625. The molecule has 1 nitrogen and oxygen atoms in total. The van der Waals surface area contributed by atoms with Crippen molar-refractivity contribution < 1.29 is 4.42 Å². The molecule has 0 amide bonds. The summed E-state index contributed by atoms with van der Waals surface area (Å²) in [5.74, 6) is 0. The predicted molar refractivity (Wildman–Crippen MR) is 187 cm³/mol. The molecule has 3 aliphatic carbocycles. The van der Waals surface area contributed by atoms with Gasteiger partial charge in [-0.3, -0.25) is 0 Å². The molecule has 8 aromatic rings. The lowest BCUT2D eigenvalue weighted by Gasteiger charge is -2.49.